The Morgan fingerprint density at radius 2 is 1.75 bits per heavy atom. The molecule has 122 valence electrons. The lowest BCUT2D eigenvalue weighted by Crippen LogP contribution is -2.25. The summed E-state index contributed by atoms with van der Waals surface area (Å²) in [5.41, 5.74) is 0.356. The van der Waals surface area contributed by atoms with E-state index in [0.29, 0.717) is 11.4 Å². The van der Waals surface area contributed by atoms with Crippen LogP contribution in [0.15, 0.2) is 44.5 Å². The molecule has 1 aliphatic heterocycles. The number of carbonyl (C=O) groups is 1. The second-order valence-corrected chi connectivity index (χ2v) is 5.37. The zero-order chi connectivity index (χ0) is 17.4. The van der Waals surface area contributed by atoms with E-state index in [2.05, 4.69) is 10.1 Å². The first kappa shape index (κ1) is 15.5. The predicted molar refractivity (Wildman–Crippen MR) is 89.1 cm³/mol. The highest BCUT2D eigenvalue weighted by Gasteiger charge is 2.29. The van der Waals surface area contributed by atoms with Gasteiger partial charge in [0.15, 0.2) is 0 Å². The summed E-state index contributed by atoms with van der Waals surface area (Å²) in [6, 6.07) is 7.23. The van der Waals surface area contributed by atoms with Gasteiger partial charge in [-0.2, -0.15) is 10.1 Å². The molecule has 1 aromatic heterocycles. The van der Waals surface area contributed by atoms with Gasteiger partial charge in [0.05, 0.1) is 17.0 Å². The SMILES string of the molecule is CC1=NN(c2ccc(C)cc2)C(=O)C1=Cc1c(O)[nH]c(=O)[nH]c1=O. The van der Waals surface area contributed by atoms with Crippen molar-refractivity contribution in [1.82, 2.24) is 9.97 Å². The first-order valence-corrected chi connectivity index (χ1v) is 7.11. The summed E-state index contributed by atoms with van der Waals surface area (Å²) in [4.78, 5) is 39.5. The molecule has 0 radical (unpaired) electrons. The van der Waals surface area contributed by atoms with E-state index in [9.17, 15) is 19.5 Å². The standard InChI is InChI=1S/C16H14N4O4/c1-8-3-5-10(6-4-8)20-15(23)11(9(2)19-20)7-12-13(21)17-16(24)18-14(12)22/h3-7H,1-2H3,(H3,17,18,21,22,24). The van der Waals surface area contributed by atoms with Gasteiger partial charge in [-0.15, -0.1) is 0 Å². The van der Waals surface area contributed by atoms with Gasteiger partial charge in [0, 0.05) is 0 Å². The maximum Gasteiger partial charge on any atom is 0.328 e. The Balaban J connectivity index is 2.04. The maximum atomic E-state index is 12.6. The third-order valence-corrected chi connectivity index (χ3v) is 3.59. The number of hydrogen-bond acceptors (Lipinski definition) is 5. The third-order valence-electron chi connectivity index (χ3n) is 3.59. The van der Waals surface area contributed by atoms with Gasteiger partial charge in [-0.05, 0) is 32.1 Å². The van der Waals surface area contributed by atoms with Gasteiger partial charge in [0.1, 0.15) is 5.56 Å². The zero-order valence-electron chi connectivity index (χ0n) is 13.0. The number of benzene rings is 1. The number of carbonyl (C=O) groups excluding carboxylic acids is 1. The van der Waals surface area contributed by atoms with Gasteiger partial charge in [0.2, 0.25) is 5.88 Å². The summed E-state index contributed by atoms with van der Waals surface area (Å²) in [7, 11) is 0. The van der Waals surface area contributed by atoms with Crippen LogP contribution in [0.2, 0.25) is 0 Å². The number of aromatic hydroxyl groups is 1. The highest BCUT2D eigenvalue weighted by atomic mass is 16.3. The summed E-state index contributed by atoms with van der Waals surface area (Å²) in [5.74, 6) is -1.04. The number of rotatable bonds is 2. The molecule has 0 saturated heterocycles. The molecule has 0 fully saturated rings. The molecule has 24 heavy (non-hydrogen) atoms. The lowest BCUT2D eigenvalue weighted by molar-refractivity contribution is -0.114. The van der Waals surface area contributed by atoms with Crippen LogP contribution in [-0.2, 0) is 4.79 Å². The van der Waals surface area contributed by atoms with E-state index in [4.69, 9.17) is 0 Å². The maximum absolute atomic E-state index is 12.6. The molecule has 8 nitrogen and oxygen atoms in total. The van der Waals surface area contributed by atoms with Crippen molar-refractivity contribution in [3.05, 3.63) is 61.8 Å². The third kappa shape index (κ3) is 2.65. The molecule has 0 unspecified atom stereocenters. The van der Waals surface area contributed by atoms with Crippen LogP contribution in [0.25, 0.3) is 6.08 Å². The van der Waals surface area contributed by atoms with Gasteiger partial charge in [0.25, 0.3) is 11.5 Å². The number of aromatic nitrogens is 2. The molecule has 0 atom stereocenters. The number of anilines is 1. The first-order chi connectivity index (χ1) is 11.4. The average molecular weight is 326 g/mol. The molecule has 0 bridgehead atoms. The molecule has 0 aliphatic carbocycles. The fourth-order valence-corrected chi connectivity index (χ4v) is 2.31. The van der Waals surface area contributed by atoms with Gasteiger partial charge in [-0.3, -0.25) is 19.6 Å². The number of aryl methyl sites for hydroxylation is 1. The molecule has 0 spiro atoms. The monoisotopic (exact) mass is 326 g/mol. The molecule has 2 aromatic rings. The Morgan fingerprint density at radius 1 is 1.08 bits per heavy atom. The van der Waals surface area contributed by atoms with E-state index in [1.165, 1.54) is 11.1 Å². The summed E-state index contributed by atoms with van der Waals surface area (Å²) in [6.45, 7) is 3.55. The van der Waals surface area contributed by atoms with Gasteiger partial charge in [-0.25, -0.2) is 4.79 Å². The molecule has 1 amide bonds. The Morgan fingerprint density at radius 3 is 2.38 bits per heavy atom. The quantitative estimate of drug-likeness (QED) is 0.710. The van der Waals surface area contributed by atoms with Crippen LogP contribution in [0, 0.1) is 6.92 Å². The van der Waals surface area contributed by atoms with Crippen molar-refractivity contribution in [1.29, 1.82) is 0 Å². The Labute approximate surface area is 135 Å². The van der Waals surface area contributed by atoms with Crippen LogP contribution in [0.4, 0.5) is 5.69 Å². The summed E-state index contributed by atoms with van der Waals surface area (Å²) >= 11 is 0. The van der Waals surface area contributed by atoms with Crippen molar-refractivity contribution in [3.63, 3.8) is 0 Å². The van der Waals surface area contributed by atoms with Crippen LogP contribution >= 0.6 is 0 Å². The van der Waals surface area contributed by atoms with E-state index in [0.717, 1.165) is 5.56 Å². The fraction of sp³-hybridized carbons (Fsp3) is 0.125. The lowest BCUT2D eigenvalue weighted by atomic mass is 10.1. The van der Waals surface area contributed by atoms with E-state index in [1.54, 1.807) is 19.1 Å². The minimum atomic E-state index is -0.830. The van der Waals surface area contributed by atoms with E-state index >= 15 is 0 Å². The number of amides is 1. The molecule has 8 heteroatoms. The van der Waals surface area contributed by atoms with Crippen LogP contribution in [0.5, 0.6) is 5.88 Å². The molecular weight excluding hydrogens is 312 g/mol. The molecule has 3 rings (SSSR count). The number of hydrogen-bond donors (Lipinski definition) is 3. The Bertz CT molecular complexity index is 996. The van der Waals surface area contributed by atoms with Crippen molar-refractivity contribution >= 4 is 23.4 Å². The molecule has 3 N–H and O–H groups in total. The zero-order valence-corrected chi connectivity index (χ0v) is 13.0. The Kier molecular flexibility index (Phi) is 3.64. The van der Waals surface area contributed by atoms with Crippen LogP contribution in [0.1, 0.15) is 18.1 Å². The van der Waals surface area contributed by atoms with Crippen molar-refractivity contribution in [2.24, 2.45) is 5.10 Å². The molecule has 1 aromatic carbocycles. The second-order valence-electron chi connectivity index (χ2n) is 5.37. The lowest BCUT2D eigenvalue weighted by Gasteiger charge is -2.11. The predicted octanol–water partition coefficient (Wildman–Crippen LogP) is 0.883. The molecule has 2 heterocycles. The smallest absolute Gasteiger partial charge is 0.328 e. The average Bonchev–Trinajstić information content (AvgIpc) is 2.79. The minimum absolute atomic E-state index is 0.156. The van der Waals surface area contributed by atoms with Crippen molar-refractivity contribution in [2.45, 2.75) is 13.8 Å². The fourth-order valence-electron chi connectivity index (χ4n) is 2.31. The van der Waals surface area contributed by atoms with Gasteiger partial charge >= 0.3 is 5.69 Å². The largest absolute Gasteiger partial charge is 0.494 e. The van der Waals surface area contributed by atoms with Crippen LogP contribution in [0.3, 0.4) is 0 Å². The molecular formula is C16H14N4O4. The number of hydrazone groups is 1. The van der Waals surface area contributed by atoms with Gasteiger partial charge in [-0.1, -0.05) is 17.7 Å². The van der Waals surface area contributed by atoms with Crippen LogP contribution in [-0.4, -0.2) is 26.7 Å². The van der Waals surface area contributed by atoms with E-state index in [1.807, 2.05) is 24.0 Å². The number of H-pyrrole nitrogens is 2. The highest BCUT2D eigenvalue weighted by molar-refractivity contribution is 6.32. The molecule has 1 aliphatic rings. The Hall–Kier alpha value is -3.42. The van der Waals surface area contributed by atoms with E-state index < -0.39 is 23.0 Å². The minimum Gasteiger partial charge on any atom is -0.494 e. The van der Waals surface area contributed by atoms with Crippen molar-refractivity contribution < 1.29 is 9.90 Å². The normalized spacial score (nSPS) is 15.9. The van der Waals surface area contributed by atoms with Crippen molar-refractivity contribution in [2.75, 3.05) is 5.01 Å². The van der Waals surface area contributed by atoms with Crippen LogP contribution < -0.4 is 16.3 Å². The summed E-state index contributed by atoms with van der Waals surface area (Å²) in [5, 5.41) is 15.1. The highest BCUT2D eigenvalue weighted by Crippen LogP contribution is 2.25. The van der Waals surface area contributed by atoms with Crippen molar-refractivity contribution in [3.8, 4) is 5.88 Å². The number of nitrogens with zero attached hydrogens (tertiary/aromatic N) is 2. The summed E-state index contributed by atoms with van der Waals surface area (Å²) in [6.07, 6.45) is 1.21. The van der Waals surface area contributed by atoms with Gasteiger partial charge < -0.3 is 5.11 Å². The molecule has 0 saturated carbocycles. The number of nitrogens with one attached hydrogen (secondary N) is 2. The van der Waals surface area contributed by atoms with E-state index in [-0.39, 0.29) is 11.1 Å². The first-order valence-electron chi connectivity index (χ1n) is 7.11. The topological polar surface area (TPSA) is 119 Å². The summed E-state index contributed by atoms with van der Waals surface area (Å²) < 4.78 is 0. The second kappa shape index (κ2) is 5.65. The number of aromatic amines is 2.